The fourth-order valence-electron chi connectivity index (χ4n) is 7.72. The van der Waals surface area contributed by atoms with Gasteiger partial charge in [-0.05, 0) is 99.5 Å². The number of aliphatic carboxylic acids is 1. The second kappa shape index (κ2) is 11.6. The van der Waals surface area contributed by atoms with Gasteiger partial charge in [0.25, 0.3) is 0 Å². The zero-order chi connectivity index (χ0) is 26.6. The van der Waals surface area contributed by atoms with E-state index in [2.05, 4.69) is 12.2 Å². The van der Waals surface area contributed by atoms with E-state index in [0.29, 0.717) is 37.1 Å². The Labute approximate surface area is 219 Å². The summed E-state index contributed by atoms with van der Waals surface area (Å²) in [6.07, 6.45) is 11.1. The van der Waals surface area contributed by atoms with Crippen LogP contribution in [0.25, 0.3) is 0 Å². The average Bonchev–Trinajstić information content (AvgIpc) is 2.90. The number of nitrogens with one attached hydrogen (secondary N) is 1. The van der Waals surface area contributed by atoms with E-state index in [4.69, 9.17) is 14.3 Å². The minimum atomic E-state index is -0.878. The van der Waals surface area contributed by atoms with Gasteiger partial charge in [0.1, 0.15) is 6.10 Å². The summed E-state index contributed by atoms with van der Waals surface area (Å²) in [6, 6.07) is 3.25. The third-order valence-electron chi connectivity index (χ3n) is 9.80. The molecule has 4 rings (SSSR count). The van der Waals surface area contributed by atoms with Crippen molar-refractivity contribution >= 4 is 12.1 Å². The summed E-state index contributed by atoms with van der Waals surface area (Å²) in [5.41, 5.74) is -0.183. The first-order chi connectivity index (χ1) is 17.6. The van der Waals surface area contributed by atoms with E-state index < -0.39 is 17.7 Å². The minimum absolute atomic E-state index is 0.0298. The standard InChI is InChI=1S/C29H43NO7/c1-28-14-12-22(37-27(34)30-16-4-7-25(31)32)17-21(28)10-8-19-5-3-6-24(20-9-11-26(33)36-18-20)29(2,35)15-13-23(19)28/h9,11,18-19,21-24,35H,3-8,10,12-17H2,1-2H3,(H,30,34)(H,31,32)/t19-,21-,22+,23+,24-,28+,29-/m1/s1. The van der Waals surface area contributed by atoms with Crippen molar-refractivity contribution in [2.75, 3.05) is 6.54 Å². The normalized spacial score (nSPS) is 36.1. The van der Waals surface area contributed by atoms with E-state index in [9.17, 15) is 19.5 Å². The Morgan fingerprint density at radius 2 is 1.92 bits per heavy atom. The minimum Gasteiger partial charge on any atom is -0.481 e. The molecule has 0 aliphatic heterocycles. The van der Waals surface area contributed by atoms with Crippen molar-refractivity contribution < 1.29 is 29.0 Å². The van der Waals surface area contributed by atoms with Crippen LogP contribution in [-0.2, 0) is 9.53 Å². The molecule has 7 atom stereocenters. The number of hydrogen-bond acceptors (Lipinski definition) is 6. The van der Waals surface area contributed by atoms with Crippen LogP contribution < -0.4 is 10.9 Å². The third-order valence-corrected chi connectivity index (χ3v) is 9.80. The molecule has 0 aromatic carbocycles. The molecule has 37 heavy (non-hydrogen) atoms. The Kier molecular flexibility index (Phi) is 8.66. The van der Waals surface area contributed by atoms with E-state index in [-0.39, 0.29) is 29.5 Å². The van der Waals surface area contributed by atoms with Gasteiger partial charge in [0, 0.05) is 24.9 Å². The maximum atomic E-state index is 12.3. The Balaban J connectivity index is 1.38. The smallest absolute Gasteiger partial charge is 0.407 e. The van der Waals surface area contributed by atoms with Crippen molar-refractivity contribution in [2.24, 2.45) is 23.2 Å². The number of ether oxygens (including phenoxy) is 1. The van der Waals surface area contributed by atoms with Gasteiger partial charge in [-0.25, -0.2) is 9.59 Å². The number of aliphatic hydroxyl groups is 1. The average molecular weight is 518 g/mol. The van der Waals surface area contributed by atoms with Crippen LogP contribution in [0.15, 0.2) is 27.6 Å². The van der Waals surface area contributed by atoms with Gasteiger partial charge in [0.05, 0.1) is 11.9 Å². The molecule has 0 saturated heterocycles. The lowest BCUT2D eigenvalue weighted by atomic mass is 9.50. The van der Waals surface area contributed by atoms with E-state index >= 15 is 0 Å². The molecule has 0 spiro atoms. The van der Waals surface area contributed by atoms with Crippen molar-refractivity contribution in [2.45, 2.75) is 109 Å². The summed E-state index contributed by atoms with van der Waals surface area (Å²) < 4.78 is 10.9. The molecule has 3 aliphatic carbocycles. The Morgan fingerprint density at radius 3 is 2.65 bits per heavy atom. The Hall–Kier alpha value is -2.35. The van der Waals surface area contributed by atoms with Crippen LogP contribution in [0.2, 0.25) is 0 Å². The lowest BCUT2D eigenvalue weighted by Gasteiger charge is -2.55. The summed E-state index contributed by atoms with van der Waals surface area (Å²) >= 11 is 0. The lowest BCUT2D eigenvalue weighted by molar-refractivity contribution is -0.137. The largest absolute Gasteiger partial charge is 0.481 e. The number of carboxylic acid groups (broad SMARTS) is 1. The first-order valence-corrected chi connectivity index (χ1v) is 14.1. The van der Waals surface area contributed by atoms with Crippen molar-refractivity contribution in [3.8, 4) is 0 Å². The second-order valence-electron chi connectivity index (χ2n) is 12.1. The van der Waals surface area contributed by atoms with Gasteiger partial charge >= 0.3 is 17.7 Å². The molecule has 8 heteroatoms. The van der Waals surface area contributed by atoms with Gasteiger partial charge < -0.3 is 24.7 Å². The number of alkyl carbamates (subject to hydrolysis) is 1. The summed E-state index contributed by atoms with van der Waals surface area (Å²) in [5, 5.41) is 23.0. The molecule has 3 saturated carbocycles. The molecule has 0 radical (unpaired) electrons. The maximum Gasteiger partial charge on any atom is 0.407 e. The molecule has 206 valence electrons. The molecule has 1 aromatic heterocycles. The molecule has 3 N–H and O–H groups in total. The number of amides is 1. The summed E-state index contributed by atoms with van der Waals surface area (Å²) in [6.45, 7) is 4.66. The zero-order valence-corrected chi connectivity index (χ0v) is 22.2. The number of carbonyl (C=O) groups excluding carboxylic acids is 1. The molecule has 0 bridgehead atoms. The van der Waals surface area contributed by atoms with Crippen LogP contribution in [0.4, 0.5) is 4.79 Å². The van der Waals surface area contributed by atoms with Crippen molar-refractivity contribution in [3.05, 3.63) is 34.4 Å². The number of fused-ring (bicyclic) bond motifs is 3. The monoisotopic (exact) mass is 517 g/mol. The topological polar surface area (TPSA) is 126 Å². The highest BCUT2D eigenvalue weighted by atomic mass is 16.6. The van der Waals surface area contributed by atoms with Gasteiger partial charge in [-0.2, -0.15) is 0 Å². The number of hydrogen-bond donors (Lipinski definition) is 3. The summed E-state index contributed by atoms with van der Waals surface area (Å²) in [7, 11) is 0. The van der Waals surface area contributed by atoms with Crippen LogP contribution in [-0.4, -0.2) is 40.5 Å². The fraction of sp³-hybridized carbons (Fsp3) is 0.759. The molecule has 8 nitrogen and oxygen atoms in total. The fourth-order valence-corrected chi connectivity index (χ4v) is 7.72. The quantitative estimate of drug-likeness (QED) is 0.441. The van der Waals surface area contributed by atoms with Crippen LogP contribution in [0.5, 0.6) is 0 Å². The van der Waals surface area contributed by atoms with Crippen LogP contribution >= 0.6 is 0 Å². The van der Waals surface area contributed by atoms with Crippen LogP contribution in [0, 0.1) is 23.2 Å². The predicted molar refractivity (Wildman–Crippen MR) is 138 cm³/mol. The molecule has 1 heterocycles. The van der Waals surface area contributed by atoms with Gasteiger partial charge in [-0.15, -0.1) is 0 Å². The zero-order valence-electron chi connectivity index (χ0n) is 22.2. The number of carbonyl (C=O) groups is 2. The SMILES string of the molecule is C[C@]12CC[C@H](OC(=O)NCCCC(=O)O)C[C@H]1CC[C@H]1CCC[C@H](c3ccc(=O)oc3)[C@](C)(O)CC[C@@H]12. The molecular weight excluding hydrogens is 474 g/mol. The van der Waals surface area contributed by atoms with E-state index in [1.165, 1.54) is 18.8 Å². The number of carboxylic acids is 1. The van der Waals surface area contributed by atoms with E-state index in [0.717, 1.165) is 56.9 Å². The van der Waals surface area contributed by atoms with Crippen molar-refractivity contribution in [1.82, 2.24) is 5.32 Å². The first kappa shape index (κ1) is 27.7. The molecule has 1 aromatic rings. The molecule has 1 amide bonds. The van der Waals surface area contributed by atoms with Gasteiger partial charge in [-0.1, -0.05) is 19.8 Å². The van der Waals surface area contributed by atoms with Crippen LogP contribution in [0.3, 0.4) is 0 Å². The number of rotatable bonds is 6. The van der Waals surface area contributed by atoms with Gasteiger partial charge in [0.2, 0.25) is 0 Å². The van der Waals surface area contributed by atoms with E-state index in [1.807, 2.05) is 6.92 Å². The summed E-state index contributed by atoms with van der Waals surface area (Å²) in [4.78, 5) is 34.4. The van der Waals surface area contributed by atoms with Gasteiger partial charge in [-0.3, -0.25) is 4.79 Å². The highest BCUT2D eigenvalue weighted by Crippen LogP contribution is 2.59. The van der Waals surface area contributed by atoms with Gasteiger partial charge in [0.15, 0.2) is 0 Å². The van der Waals surface area contributed by atoms with Crippen molar-refractivity contribution in [1.29, 1.82) is 0 Å². The lowest BCUT2D eigenvalue weighted by Crippen LogP contribution is -2.49. The third kappa shape index (κ3) is 6.57. The van der Waals surface area contributed by atoms with Crippen molar-refractivity contribution in [3.63, 3.8) is 0 Å². The van der Waals surface area contributed by atoms with Crippen LogP contribution in [0.1, 0.15) is 102 Å². The highest BCUT2D eigenvalue weighted by Gasteiger charge is 2.51. The molecule has 3 aliphatic rings. The first-order valence-electron chi connectivity index (χ1n) is 14.1. The van der Waals surface area contributed by atoms with E-state index in [1.54, 1.807) is 6.07 Å². The summed E-state index contributed by atoms with van der Waals surface area (Å²) in [5.74, 6) is 0.721. The highest BCUT2D eigenvalue weighted by molar-refractivity contribution is 5.68. The molecule has 0 unspecified atom stereocenters. The second-order valence-corrected chi connectivity index (χ2v) is 12.1. The Morgan fingerprint density at radius 1 is 1.11 bits per heavy atom. The molecular formula is C29H43NO7. The Bertz CT molecular complexity index is 984. The molecule has 3 fully saturated rings. The maximum absolute atomic E-state index is 12.3. The predicted octanol–water partition coefficient (Wildman–Crippen LogP) is 5.23.